The minimum atomic E-state index is 0.145. The molecule has 4 nitrogen and oxygen atoms in total. The first-order valence-electron chi connectivity index (χ1n) is 12.3. The lowest BCUT2D eigenvalue weighted by molar-refractivity contribution is -0.139. The van der Waals surface area contributed by atoms with E-state index in [-0.39, 0.29) is 5.92 Å². The molecule has 30 heavy (non-hydrogen) atoms. The molecule has 1 aliphatic carbocycles. The molecule has 4 heteroatoms. The van der Waals surface area contributed by atoms with Crippen LogP contribution in [0.25, 0.3) is 0 Å². The van der Waals surface area contributed by atoms with Crippen molar-refractivity contribution in [2.24, 2.45) is 17.8 Å². The summed E-state index contributed by atoms with van der Waals surface area (Å²) in [4.78, 5) is 30.3. The van der Waals surface area contributed by atoms with Crippen molar-refractivity contribution in [1.29, 1.82) is 0 Å². The molecular weight excluding hydrogens is 372 g/mol. The lowest BCUT2D eigenvalue weighted by atomic mass is 9.80. The monoisotopic (exact) mass is 410 g/mol. The standard InChI is InChI=1S/C26H38N2O2/c29-25(19-21-9-3-1-4-10-21)27-17-14-23(15-18-27)24-13-7-8-16-28(26(24)30)20-22-11-5-2-6-12-22/h2,5-6,11-12,21,23-24H,1,3-4,7-10,13-20H2. The lowest BCUT2D eigenvalue weighted by Crippen LogP contribution is -2.44. The Balaban J connectivity index is 1.30. The van der Waals surface area contributed by atoms with Gasteiger partial charge in [0.15, 0.2) is 0 Å². The molecule has 0 spiro atoms. The second kappa shape index (κ2) is 10.5. The maximum atomic E-state index is 13.4. The van der Waals surface area contributed by atoms with Crippen LogP contribution in [-0.2, 0) is 16.1 Å². The Morgan fingerprint density at radius 1 is 0.833 bits per heavy atom. The molecule has 2 aliphatic heterocycles. The van der Waals surface area contributed by atoms with E-state index in [0.717, 1.165) is 64.7 Å². The van der Waals surface area contributed by atoms with Crippen molar-refractivity contribution in [3.8, 4) is 0 Å². The van der Waals surface area contributed by atoms with Gasteiger partial charge in [-0.25, -0.2) is 0 Å². The molecule has 2 heterocycles. The molecule has 1 aromatic carbocycles. The number of likely N-dealkylation sites (tertiary alicyclic amines) is 2. The van der Waals surface area contributed by atoms with Crippen molar-refractivity contribution >= 4 is 11.8 Å². The highest BCUT2D eigenvalue weighted by molar-refractivity contribution is 5.80. The number of hydrogen-bond donors (Lipinski definition) is 0. The van der Waals surface area contributed by atoms with E-state index in [2.05, 4.69) is 34.1 Å². The summed E-state index contributed by atoms with van der Waals surface area (Å²) in [7, 11) is 0. The molecule has 2 amide bonds. The fraction of sp³-hybridized carbons (Fsp3) is 0.692. The number of amides is 2. The summed E-state index contributed by atoms with van der Waals surface area (Å²) in [6.45, 7) is 3.30. The maximum absolute atomic E-state index is 13.4. The van der Waals surface area contributed by atoms with E-state index < -0.39 is 0 Å². The number of carbonyl (C=O) groups excluding carboxylic acids is 2. The Morgan fingerprint density at radius 2 is 1.53 bits per heavy atom. The topological polar surface area (TPSA) is 40.6 Å². The third-order valence-corrected chi connectivity index (χ3v) is 7.69. The second-order valence-electron chi connectivity index (χ2n) is 9.77. The molecule has 0 N–H and O–H groups in total. The molecule has 3 aliphatic rings. The van der Waals surface area contributed by atoms with Gasteiger partial charge in [-0.3, -0.25) is 9.59 Å². The quantitative estimate of drug-likeness (QED) is 0.683. The van der Waals surface area contributed by atoms with Gasteiger partial charge in [-0.15, -0.1) is 0 Å². The van der Waals surface area contributed by atoms with E-state index in [9.17, 15) is 9.59 Å². The predicted octanol–water partition coefficient (Wildman–Crippen LogP) is 5.02. The molecule has 2 saturated heterocycles. The molecule has 0 aromatic heterocycles. The predicted molar refractivity (Wildman–Crippen MR) is 120 cm³/mol. The van der Waals surface area contributed by atoms with Gasteiger partial charge in [0, 0.05) is 38.5 Å². The Morgan fingerprint density at radius 3 is 2.27 bits per heavy atom. The average molecular weight is 411 g/mol. The van der Waals surface area contributed by atoms with Crippen LogP contribution in [0.3, 0.4) is 0 Å². The van der Waals surface area contributed by atoms with Crippen LogP contribution in [0.5, 0.6) is 0 Å². The van der Waals surface area contributed by atoms with Crippen LogP contribution in [0.4, 0.5) is 0 Å². The van der Waals surface area contributed by atoms with Crippen molar-refractivity contribution in [2.75, 3.05) is 19.6 Å². The molecule has 1 unspecified atom stereocenters. The van der Waals surface area contributed by atoms with Gasteiger partial charge in [0.05, 0.1) is 0 Å². The summed E-state index contributed by atoms with van der Waals surface area (Å²) in [6, 6.07) is 10.4. The third-order valence-electron chi connectivity index (χ3n) is 7.69. The molecule has 0 bridgehead atoms. The summed E-state index contributed by atoms with van der Waals surface area (Å²) in [5.74, 6) is 1.90. The van der Waals surface area contributed by atoms with Crippen LogP contribution in [0, 0.1) is 17.8 Å². The summed E-state index contributed by atoms with van der Waals surface area (Å²) in [5, 5.41) is 0. The van der Waals surface area contributed by atoms with E-state index in [1.165, 1.54) is 37.7 Å². The first-order chi connectivity index (χ1) is 14.7. The molecule has 4 rings (SSSR count). The van der Waals surface area contributed by atoms with Gasteiger partial charge < -0.3 is 9.80 Å². The molecule has 1 saturated carbocycles. The van der Waals surface area contributed by atoms with E-state index in [1.807, 2.05) is 6.07 Å². The van der Waals surface area contributed by atoms with Gasteiger partial charge in [0.25, 0.3) is 0 Å². The van der Waals surface area contributed by atoms with Crippen LogP contribution in [0.1, 0.15) is 76.2 Å². The Labute approximate surface area is 182 Å². The summed E-state index contributed by atoms with van der Waals surface area (Å²) in [6.07, 6.45) is 12.4. The number of hydrogen-bond acceptors (Lipinski definition) is 2. The first kappa shape index (κ1) is 21.4. The fourth-order valence-electron chi connectivity index (χ4n) is 5.85. The second-order valence-corrected chi connectivity index (χ2v) is 9.77. The fourth-order valence-corrected chi connectivity index (χ4v) is 5.85. The van der Waals surface area contributed by atoms with Crippen molar-refractivity contribution in [3.63, 3.8) is 0 Å². The van der Waals surface area contributed by atoms with Crippen molar-refractivity contribution in [3.05, 3.63) is 35.9 Å². The summed E-state index contributed by atoms with van der Waals surface area (Å²) >= 11 is 0. The van der Waals surface area contributed by atoms with Crippen molar-refractivity contribution in [1.82, 2.24) is 9.80 Å². The van der Waals surface area contributed by atoms with Crippen LogP contribution >= 0.6 is 0 Å². The van der Waals surface area contributed by atoms with Gasteiger partial charge in [-0.1, -0.05) is 56.0 Å². The van der Waals surface area contributed by atoms with Gasteiger partial charge in [-0.05, 0) is 55.9 Å². The highest BCUT2D eigenvalue weighted by Gasteiger charge is 2.36. The number of benzene rings is 1. The van der Waals surface area contributed by atoms with Gasteiger partial charge in [0.2, 0.25) is 11.8 Å². The number of carbonyl (C=O) groups is 2. The minimum absolute atomic E-state index is 0.145. The van der Waals surface area contributed by atoms with E-state index >= 15 is 0 Å². The average Bonchev–Trinajstić information content (AvgIpc) is 2.97. The third kappa shape index (κ3) is 5.44. The zero-order valence-electron chi connectivity index (χ0n) is 18.4. The van der Waals surface area contributed by atoms with Crippen molar-refractivity contribution in [2.45, 2.75) is 77.2 Å². The SMILES string of the molecule is O=C(CC1CCCCC1)N1CCC(C2CCCCN(Cc3ccccc3)C2=O)CC1. The highest BCUT2D eigenvalue weighted by Crippen LogP contribution is 2.34. The number of rotatable bonds is 5. The van der Waals surface area contributed by atoms with Crippen molar-refractivity contribution < 1.29 is 9.59 Å². The van der Waals surface area contributed by atoms with E-state index in [4.69, 9.17) is 0 Å². The molecule has 164 valence electrons. The lowest BCUT2D eigenvalue weighted by Gasteiger charge is -2.37. The van der Waals surface area contributed by atoms with Crippen LogP contribution < -0.4 is 0 Å². The normalized spacial score (nSPS) is 24.7. The Kier molecular flexibility index (Phi) is 7.46. The summed E-state index contributed by atoms with van der Waals surface area (Å²) < 4.78 is 0. The molecule has 3 fully saturated rings. The Hall–Kier alpha value is -1.84. The zero-order chi connectivity index (χ0) is 20.8. The highest BCUT2D eigenvalue weighted by atomic mass is 16.2. The first-order valence-corrected chi connectivity index (χ1v) is 12.3. The molecule has 1 aromatic rings. The van der Waals surface area contributed by atoms with Gasteiger partial charge >= 0.3 is 0 Å². The summed E-state index contributed by atoms with van der Waals surface area (Å²) in [5.41, 5.74) is 1.22. The maximum Gasteiger partial charge on any atom is 0.226 e. The molecule has 0 radical (unpaired) electrons. The van der Waals surface area contributed by atoms with Crippen LogP contribution in [0.15, 0.2) is 30.3 Å². The van der Waals surface area contributed by atoms with Gasteiger partial charge in [-0.2, -0.15) is 0 Å². The Bertz CT molecular complexity index is 690. The number of nitrogens with zero attached hydrogens (tertiary/aromatic N) is 2. The zero-order valence-corrected chi connectivity index (χ0v) is 18.4. The smallest absolute Gasteiger partial charge is 0.226 e. The van der Waals surface area contributed by atoms with E-state index in [1.54, 1.807) is 0 Å². The molecule has 1 atom stereocenters. The van der Waals surface area contributed by atoms with Crippen LogP contribution in [0.2, 0.25) is 0 Å². The van der Waals surface area contributed by atoms with E-state index in [0.29, 0.717) is 23.7 Å². The molecular formula is C26H38N2O2. The minimum Gasteiger partial charge on any atom is -0.343 e. The van der Waals surface area contributed by atoms with Crippen LogP contribution in [-0.4, -0.2) is 41.2 Å². The van der Waals surface area contributed by atoms with Gasteiger partial charge in [0.1, 0.15) is 0 Å². The number of piperidine rings is 1. The largest absolute Gasteiger partial charge is 0.343 e.